The highest BCUT2D eigenvalue weighted by Gasteiger charge is 2.35. The van der Waals surface area contributed by atoms with Crippen molar-refractivity contribution in [1.29, 1.82) is 0 Å². The Labute approximate surface area is 180 Å². The summed E-state index contributed by atoms with van der Waals surface area (Å²) in [5.74, 6) is -0.931. The summed E-state index contributed by atoms with van der Waals surface area (Å²) in [6, 6.07) is 17.5. The smallest absolute Gasteiger partial charge is 0.270 e. The van der Waals surface area contributed by atoms with Crippen LogP contribution in [0.3, 0.4) is 0 Å². The van der Waals surface area contributed by atoms with Crippen LogP contribution in [0.4, 0.5) is 5.69 Å². The summed E-state index contributed by atoms with van der Waals surface area (Å²) in [5.41, 5.74) is 5.42. The van der Waals surface area contributed by atoms with Gasteiger partial charge < -0.3 is 4.57 Å². The third kappa shape index (κ3) is 3.46. The summed E-state index contributed by atoms with van der Waals surface area (Å²) in [6.07, 6.45) is 3.52. The minimum Gasteiger partial charge on any atom is -0.317 e. The number of anilines is 1. The number of aryl methyl sites for hydroxylation is 3. The third-order valence-corrected chi connectivity index (χ3v) is 5.44. The molecule has 150 valence electrons. The van der Waals surface area contributed by atoms with Crippen LogP contribution in [0, 0.1) is 20.8 Å². The molecule has 0 bridgehead atoms. The molecule has 2 aromatic carbocycles. The largest absolute Gasteiger partial charge is 0.317 e. The molecule has 0 saturated carbocycles. The molecule has 1 aliphatic heterocycles. The minimum absolute atomic E-state index is 0.0399. The molecular weight excluding hydrogens is 394 g/mol. The maximum atomic E-state index is 13.4. The van der Waals surface area contributed by atoms with Crippen molar-refractivity contribution >= 4 is 40.9 Å². The molecule has 0 atom stereocenters. The van der Waals surface area contributed by atoms with Crippen molar-refractivity contribution in [2.75, 3.05) is 4.90 Å². The molecule has 0 aliphatic carbocycles. The van der Waals surface area contributed by atoms with Crippen LogP contribution in [0.1, 0.15) is 22.4 Å². The van der Waals surface area contributed by atoms with E-state index in [4.69, 9.17) is 12.2 Å². The van der Waals surface area contributed by atoms with Gasteiger partial charge in [-0.05, 0) is 80.0 Å². The normalized spacial score (nSPS) is 15.6. The summed E-state index contributed by atoms with van der Waals surface area (Å²) >= 11 is 5.33. The number of para-hydroxylation sites is 1. The fourth-order valence-corrected chi connectivity index (χ4v) is 3.82. The number of carbonyl (C=O) groups excluding carboxylic acids is 2. The molecule has 1 fully saturated rings. The monoisotopic (exact) mass is 415 g/mol. The maximum Gasteiger partial charge on any atom is 0.270 e. The summed E-state index contributed by atoms with van der Waals surface area (Å²) in [5, 5.41) is 2.75. The molecule has 1 N–H and O–H groups in total. The Kier molecular flexibility index (Phi) is 5.10. The van der Waals surface area contributed by atoms with Crippen molar-refractivity contribution in [2.45, 2.75) is 20.8 Å². The Morgan fingerprint density at radius 3 is 2.40 bits per heavy atom. The SMILES string of the molecule is Cc1ccc(C)c(N2C(=O)/C(=C/c3cccn3-c3ccccc3C)C(=O)NC2=S)c1. The van der Waals surface area contributed by atoms with E-state index >= 15 is 0 Å². The molecule has 30 heavy (non-hydrogen) atoms. The zero-order valence-corrected chi connectivity index (χ0v) is 17.8. The van der Waals surface area contributed by atoms with Gasteiger partial charge in [-0.25, -0.2) is 0 Å². The molecule has 0 radical (unpaired) electrons. The average Bonchev–Trinajstić information content (AvgIpc) is 3.16. The van der Waals surface area contributed by atoms with Gasteiger partial charge >= 0.3 is 0 Å². The number of nitrogens with one attached hydrogen (secondary N) is 1. The lowest BCUT2D eigenvalue weighted by Crippen LogP contribution is -2.54. The summed E-state index contributed by atoms with van der Waals surface area (Å²) in [6.45, 7) is 5.88. The number of nitrogens with zero attached hydrogens (tertiary/aromatic N) is 2. The molecule has 6 heteroatoms. The number of hydrogen-bond acceptors (Lipinski definition) is 3. The first-order chi connectivity index (χ1) is 14.4. The number of benzene rings is 2. The van der Waals surface area contributed by atoms with E-state index < -0.39 is 11.8 Å². The zero-order chi connectivity index (χ0) is 21.4. The van der Waals surface area contributed by atoms with E-state index in [2.05, 4.69) is 5.32 Å². The van der Waals surface area contributed by atoms with E-state index in [0.29, 0.717) is 5.69 Å². The lowest BCUT2D eigenvalue weighted by Gasteiger charge is -2.30. The van der Waals surface area contributed by atoms with Crippen LogP contribution in [0.2, 0.25) is 0 Å². The van der Waals surface area contributed by atoms with Gasteiger partial charge in [0.05, 0.1) is 5.69 Å². The molecule has 2 heterocycles. The van der Waals surface area contributed by atoms with E-state index in [1.165, 1.54) is 4.90 Å². The van der Waals surface area contributed by atoms with Gasteiger partial charge in [0.2, 0.25) is 0 Å². The molecule has 3 aromatic rings. The van der Waals surface area contributed by atoms with E-state index in [9.17, 15) is 9.59 Å². The highest BCUT2D eigenvalue weighted by Crippen LogP contribution is 2.27. The number of rotatable bonds is 3. The first-order valence-corrected chi connectivity index (χ1v) is 9.99. The highest BCUT2D eigenvalue weighted by molar-refractivity contribution is 7.80. The van der Waals surface area contributed by atoms with Gasteiger partial charge in [0.1, 0.15) is 5.57 Å². The maximum absolute atomic E-state index is 13.4. The number of thiocarbonyl (C=S) groups is 1. The number of amides is 2. The summed E-state index contributed by atoms with van der Waals surface area (Å²) in [4.78, 5) is 27.4. The van der Waals surface area contributed by atoms with Crippen molar-refractivity contribution in [2.24, 2.45) is 0 Å². The van der Waals surface area contributed by atoms with Gasteiger partial charge in [0.15, 0.2) is 5.11 Å². The van der Waals surface area contributed by atoms with Crippen molar-refractivity contribution in [3.8, 4) is 5.69 Å². The minimum atomic E-state index is -0.496. The molecule has 4 rings (SSSR count). The van der Waals surface area contributed by atoms with Crippen LogP contribution in [0.25, 0.3) is 11.8 Å². The molecular formula is C24H21N3O2S. The topological polar surface area (TPSA) is 54.3 Å². The Hall–Kier alpha value is -3.51. The molecule has 2 amide bonds. The fourth-order valence-electron chi connectivity index (χ4n) is 3.55. The number of hydrogen-bond donors (Lipinski definition) is 1. The molecule has 0 unspecified atom stereocenters. The van der Waals surface area contributed by atoms with Gasteiger partial charge in [-0.15, -0.1) is 0 Å². The van der Waals surface area contributed by atoms with Gasteiger partial charge in [-0.3, -0.25) is 19.8 Å². The van der Waals surface area contributed by atoms with Crippen molar-refractivity contribution in [3.05, 3.63) is 88.8 Å². The molecule has 5 nitrogen and oxygen atoms in total. The van der Waals surface area contributed by atoms with E-state index in [1.807, 2.05) is 86.1 Å². The predicted molar refractivity (Wildman–Crippen MR) is 123 cm³/mol. The Morgan fingerprint density at radius 2 is 1.63 bits per heavy atom. The second kappa shape index (κ2) is 7.72. The van der Waals surface area contributed by atoms with Crippen LogP contribution in [0.5, 0.6) is 0 Å². The fraction of sp³-hybridized carbons (Fsp3) is 0.125. The zero-order valence-electron chi connectivity index (χ0n) is 17.0. The van der Waals surface area contributed by atoms with Gasteiger partial charge in [0, 0.05) is 17.6 Å². The standard InChI is InChI=1S/C24H21N3O2S/c1-15-10-11-17(3)21(13-15)27-23(29)19(22(28)25-24(27)30)14-18-8-6-12-26(18)20-9-5-4-7-16(20)2/h4-14H,1-3H3,(H,25,28,30)/b19-14+. The van der Waals surface area contributed by atoms with E-state index in [1.54, 1.807) is 6.08 Å². The van der Waals surface area contributed by atoms with Crippen LogP contribution >= 0.6 is 12.2 Å². The first-order valence-electron chi connectivity index (χ1n) is 9.59. The Bertz CT molecular complexity index is 1220. The molecule has 1 aliphatic rings. The summed E-state index contributed by atoms with van der Waals surface area (Å²) < 4.78 is 1.96. The van der Waals surface area contributed by atoms with Crippen LogP contribution < -0.4 is 10.2 Å². The molecule has 0 spiro atoms. The first kappa shape index (κ1) is 19.8. The van der Waals surface area contributed by atoms with Crippen molar-refractivity contribution in [3.63, 3.8) is 0 Å². The van der Waals surface area contributed by atoms with Crippen molar-refractivity contribution < 1.29 is 9.59 Å². The summed E-state index contributed by atoms with van der Waals surface area (Å²) in [7, 11) is 0. The molecule has 1 aromatic heterocycles. The Morgan fingerprint density at radius 1 is 0.900 bits per heavy atom. The van der Waals surface area contributed by atoms with Gasteiger partial charge in [-0.2, -0.15) is 0 Å². The van der Waals surface area contributed by atoms with Crippen molar-refractivity contribution in [1.82, 2.24) is 9.88 Å². The molecule has 1 saturated heterocycles. The van der Waals surface area contributed by atoms with Crippen LogP contribution in [-0.2, 0) is 9.59 Å². The number of aromatic nitrogens is 1. The van der Waals surface area contributed by atoms with Gasteiger partial charge in [0.25, 0.3) is 11.8 Å². The lowest BCUT2D eigenvalue weighted by atomic mass is 10.1. The van der Waals surface area contributed by atoms with E-state index in [0.717, 1.165) is 28.1 Å². The third-order valence-electron chi connectivity index (χ3n) is 5.15. The highest BCUT2D eigenvalue weighted by atomic mass is 32.1. The Balaban J connectivity index is 1.79. The van der Waals surface area contributed by atoms with Gasteiger partial charge in [-0.1, -0.05) is 30.3 Å². The second-order valence-electron chi connectivity index (χ2n) is 7.34. The van der Waals surface area contributed by atoms with Crippen LogP contribution in [0.15, 0.2) is 66.4 Å². The van der Waals surface area contributed by atoms with Crippen LogP contribution in [-0.4, -0.2) is 21.5 Å². The second-order valence-corrected chi connectivity index (χ2v) is 7.72. The quantitative estimate of drug-likeness (QED) is 0.396. The average molecular weight is 416 g/mol. The number of carbonyl (C=O) groups is 2. The predicted octanol–water partition coefficient (Wildman–Crippen LogP) is 4.23. The lowest BCUT2D eigenvalue weighted by molar-refractivity contribution is -0.122. The van der Waals surface area contributed by atoms with E-state index in [-0.39, 0.29) is 10.7 Å².